The number of sulfonamides is 1. The lowest BCUT2D eigenvalue weighted by Gasteiger charge is -2.12. The van der Waals surface area contributed by atoms with Crippen molar-refractivity contribution >= 4 is 47.8 Å². The van der Waals surface area contributed by atoms with Crippen molar-refractivity contribution in [3.8, 4) is 0 Å². The van der Waals surface area contributed by atoms with E-state index in [4.69, 9.17) is 0 Å². The number of nitrogens with one attached hydrogen (secondary N) is 1. The number of nitrogens with zero attached hydrogens (tertiary/aromatic N) is 1. The Morgan fingerprint density at radius 3 is 2.40 bits per heavy atom. The summed E-state index contributed by atoms with van der Waals surface area (Å²) >= 11 is 6.56. The third kappa shape index (κ3) is 4.54. The quantitative estimate of drug-likeness (QED) is 0.783. The van der Waals surface area contributed by atoms with Crippen LogP contribution in [0.5, 0.6) is 0 Å². The lowest BCUT2D eigenvalue weighted by Crippen LogP contribution is -2.30. The van der Waals surface area contributed by atoms with E-state index in [1.807, 2.05) is 6.92 Å². The van der Waals surface area contributed by atoms with Gasteiger partial charge in [0.25, 0.3) is 0 Å². The number of carbonyl (C=O) groups is 1. The minimum Gasteiger partial charge on any atom is -0.349 e. The normalized spacial score (nSPS) is 11.4. The predicted octanol–water partition coefficient (Wildman–Crippen LogP) is 2.28. The maximum Gasteiger partial charge on any atom is 0.241 e. The summed E-state index contributed by atoms with van der Waals surface area (Å²) in [6.07, 6.45) is 0.122. The van der Waals surface area contributed by atoms with Gasteiger partial charge >= 0.3 is 0 Å². The first-order chi connectivity index (χ1) is 9.15. The largest absolute Gasteiger partial charge is 0.349 e. The van der Waals surface area contributed by atoms with Crippen LogP contribution in [0.4, 0.5) is 0 Å². The zero-order valence-corrected chi connectivity index (χ0v) is 15.4. The average Bonchev–Trinajstić information content (AvgIpc) is 2.33. The molecule has 0 aliphatic rings. The Morgan fingerprint density at radius 2 is 1.85 bits per heavy atom. The van der Waals surface area contributed by atoms with Crippen molar-refractivity contribution in [3.05, 3.63) is 26.6 Å². The molecule has 1 amide bonds. The first-order valence-corrected chi connectivity index (χ1v) is 8.87. The molecule has 0 saturated carbocycles. The van der Waals surface area contributed by atoms with Gasteiger partial charge in [-0.1, -0.05) is 15.9 Å². The first-order valence-electron chi connectivity index (χ1n) is 5.80. The van der Waals surface area contributed by atoms with E-state index in [2.05, 4.69) is 36.6 Å². The van der Waals surface area contributed by atoms with E-state index in [0.29, 0.717) is 8.95 Å². The van der Waals surface area contributed by atoms with Crippen molar-refractivity contribution in [2.45, 2.75) is 18.2 Å². The molecule has 20 heavy (non-hydrogen) atoms. The molecule has 0 bridgehead atoms. The van der Waals surface area contributed by atoms with Crippen LogP contribution in [0, 0.1) is 6.92 Å². The van der Waals surface area contributed by atoms with E-state index in [1.54, 1.807) is 20.2 Å². The lowest BCUT2D eigenvalue weighted by atomic mass is 10.2. The Labute approximate surface area is 136 Å². The zero-order chi connectivity index (χ0) is 15.5. The highest BCUT2D eigenvalue weighted by Gasteiger charge is 2.19. The van der Waals surface area contributed by atoms with Gasteiger partial charge in [0.15, 0.2) is 0 Å². The van der Waals surface area contributed by atoms with Gasteiger partial charge < -0.3 is 4.90 Å². The van der Waals surface area contributed by atoms with Crippen LogP contribution in [0.2, 0.25) is 0 Å². The summed E-state index contributed by atoms with van der Waals surface area (Å²) in [5.74, 6) is -0.128. The Morgan fingerprint density at radius 1 is 1.25 bits per heavy atom. The maximum atomic E-state index is 12.2. The number of halogens is 2. The van der Waals surface area contributed by atoms with Crippen molar-refractivity contribution < 1.29 is 13.2 Å². The fourth-order valence-electron chi connectivity index (χ4n) is 1.43. The molecule has 0 radical (unpaired) electrons. The second-order valence-electron chi connectivity index (χ2n) is 4.47. The molecule has 1 aromatic rings. The molecule has 1 N–H and O–H groups in total. The van der Waals surface area contributed by atoms with Crippen LogP contribution in [0.3, 0.4) is 0 Å². The van der Waals surface area contributed by atoms with Crippen LogP contribution < -0.4 is 4.72 Å². The van der Waals surface area contributed by atoms with Gasteiger partial charge in [-0.15, -0.1) is 0 Å². The topological polar surface area (TPSA) is 66.5 Å². The molecule has 0 unspecified atom stereocenters. The monoisotopic (exact) mass is 426 g/mol. The van der Waals surface area contributed by atoms with Gasteiger partial charge in [0.1, 0.15) is 0 Å². The molecule has 0 aliphatic carbocycles. The first kappa shape index (κ1) is 17.6. The SMILES string of the molecule is Cc1cc(Br)c(S(=O)(=O)NCCC(=O)N(C)C)cc1Br. The number of aryl methyl sites for hydroxylation is 1. The molecule has 0 aromatic heterocycles. The minimum absolute atomic E-state index is 0.0667. The van der Waals surface area contributed by atoms with Crippen molar-refractivity contribution in [1.82, 2.24) is 9.62 Å². The molecule has 5 nitrogen and oxygen atoms in total. The van der Waals surface area contributed by atoms with Crippen molar-refractivity contribution in [3.63, 3.8) is 0 Å². The summed E-state index contributed by atoms with van der Waals surface area (Å²) in [7, 11) is -0.390. The number of benzene rings is 1. The smallest absolute Gasteiger partial charge is 0.241 e. The highest BCUT2D eigenvalue weighted by Crippen LogP contribution is 2.28. The average molecular weight is 428 g/mol. The number of hydrogen-bond acceptors (Lipinski definition) is 3. The molecular weight excluding hydrogens is 412 g/mol. The fraction of sp³-hybridized carbons (Fsp3) is 0.417. The van der Waals surface area contributed by atoms with Gasteiger partial charge in [-0.3, -0.25) is 4.79 Å². The van der Waals surface area contributed by atoms with Crippen LogP contribution in [-0.4, -0.2) is 39.9 Å². The summed E-state index contributed by atoms with van der Waals surface area (Å²) in [5.41, 5.74) is 0.929. The second-order valence-corrected chi connectivity index (χ2v) is 7.91. The van der Waals surface area contributed by atoms with Crippen molar-refractivity contribution in [2.75, 3.05) is 20.6 Å². The summed E-state index contributed by atoms with van der Waals surface area (Å²) < 4.78 is 28.0. The van der Waals surface area contributed by atoms with Crippen molar-refractivity contribution in [1.29, 1.82) is 0 Å². The Balaban J connectivity index is 2.85. The van der Waals surface area contributed by atoms with E-state index in [0.717, 1.165) is 5.56 Å². The molecule has 0 heterocycles. The Hall–Kier alpha value is -0.440. The van der Waals surface area contributed by atoms with Gasteiger partial charge in [-0.2, -0.15) is 0 Å². The van der Waals surface area contributed by atoms with E-state index >= 15 is 0 Å². The number of amides is 1. The van der Waals surface area contributed by atoms with E-state index in [1.165, 1.54) is 11.0 Å². The van der Waals surface area contributed by atoms with E-state index < -0.39 is 10.0 Å². The summed E-state index contributed by atoms with van der Waals surface area (Å²) in [6, 6.07) is 3.26. The molecule has 0 saturated heterocycles. The predicted molar refractivity (Wildman–Crippen MR) is 85.1 cm³/mol. The molecular formula is C12H16Br2N2O3S. The molecule has 0 fully saturated rings. The van der Waals surface area contributed by atoms with Crippen molar-refractivity contribution in [2.24, 2.45) is 0 Å². The standard InChI is InChI=1S/C12H16Br2N2O3S/c1-8-6-10(14)11(7-9(8)13)20(18,19)15-5-4-12(17)16(2)3/h6-7,15H,4-5H2,1-3H3. The zero-order valence-electron chi connectivity index (χ0n) is 11.4. The third-order valence-electron chi connectivity index (χ3n) is 2.63. The number of hydrogen-bond donors (Lipinski definition) is 1. The highest BCUT2D eigenvalue weighted by atomic mass is 79.9. The molecule has 0 atom stereocenters. The molecule has 1 aromatic carbocycles. The van der Waals surface area contributed by atoms with Crippen LogP contribution in [-0.2, 0) is 14.8 Å². The molecule has 112 valence electrons. The summed E-state index contributed by atoms with van der Waals surface area (Å²) in [5, 5.41) is 0. The fourth-order valence-corrected chi connectivity index (χ4v) is 4.13. The lowest BCUT2D eigenvalue weighted by molar-refractivity contribution is -0.128. The van der Waals surface area contributed by atoms with Gasteiger partial charge in [-0.25, -0.2) is 13.1 Å². The van der Waals surface area contributed by atoms with Crippen LogP contribution in [0.1, 0.15) is 12.0 Å². The number of rotatable bonds is 5. The highest BCUT2D eigenvalue weighted by molar-refractivity contribution is 9.11. The maximum absolute atomic E-state index is 12.2. The van der Waals surface area contributed by atoms with Crippen LogP contribution in [0.25, 0.3) is 0 Å². The van der Waals surface area contributed by atoms with Gasteiger partial charge in [0.2, 0.25) is 15.9 Å². The molecule has 8 heteroatoms. The van der Waals surface area contributed by atoms with Gasteiger partial charge in [-0.05, 0) is 40.5 Å². The Bertz CT molecular complexity index is 615. The molecule has 0 spiro atoms. The number of carbonyl (C=O) groups excluding carboxylic acids is 1. The van der Waals surface area contributed by atoms with Crippen LogP contribution in [0.15, 0.2) is 26.0 Å². The van der Waals surface area contributed by atoms with E-state index in [9.17, 15) is 13.2 Å². The summed E-state index contributed by atoms with van der Waals surface area (Å²) in [4.78, 5) is 13.0. The molecule has 0 aliphatic heterocycles. The Kier molecular flexibility index (Phi) is 6.18. The summed E-state index contributed by atoms with van der Waals surface area (Å²) in [6.45, 7) is 1.94. The van der Waals surface area contributed by atoms with E-state index in [-0.39, 0.29) is 23.8 Å². The second kappa shape index (κ2) is 7.02. The minimum atomic E-state index is -3.65. The van der Waals surface area contributed by atoms with Gasteiger partial charge in [0.05, 0.1) is 4.90 Å². The third-order valence-corrected chi connectivity index (χ3v) is 5.91. The molecule has 1 rings (SSSR count). The van der Waals surface area contributed by atoms with Gasteiger partial charge in [0, 0.05) is 36.0 Å². The van der Waals surface area contributed by atoms with Crippen LogP contribution >= 0.6 is 31.9 Å².